The highest BCUT2D eigenvalue weighted by molar-refractivity contribution is 5.95. The van der Waals surface area contributed by atoms with E-state index in [0.717, 1.165) is 19.3 Å². The number of hydrogen-bond donors (Lipinski definition) is 3. The highest BCUT2D eigenvalue weighted by Crippen LogP contribution is 2.60. The van der Waals surface area contributed by atoms with Gasteiger partial charge in [0.25, 0.3) is 0 Å². The Morgan fingerprint density at radius 1 is 1.23 bits per heavy atom. The molecule has 1 saturated heterocycles. The average Bonchev–Trinajstić information content (AvgIpc) is 3.36. The summed E-state index contributed by atoms with van der Waals surface area (Å²) in [5.74, 6) is 3.36. The number of amides is 2. The quantitative estimate of drug-likeness (QED) is 0.701. The van der Waals surface area contributed by atoms with Crippen molar-refractivity contribution >= 4 is 17.6 Å². The number of carbonyl (C=O) groups is 2. The normalized spacial score (nSPS) is 36.4. The van der Waals surface area contributed by atoms with Gasteiger partial charge in [0.2, 0.25) is 11.8 Å². The first kappa shape index (κ1) is 19.1. The summed E-state index contributed by atoms with van der Waals surface area (Å²) in [4.78, 5) is 25.8. The van der Waals surface area contributed by atoms with Crippen molar-refractivity contribution in [1.82, 2.24) is 20.4 Å². The van der Waals surface area contributed by atoms with Gasteiger partial charge in [-0.05, 0) is 75.3 Å². The molecule has 2 amide bonds. The highest BCUT2D eigenvalue weighted by atomic mass is 16.3. The molecule has 8 heteroatoms. The molecule has 8 nitrogen and oxygen atoms in total. The van der Waals surface area contributed by atoms with Crippen LogP contribution < -0.4 is 16.0 Å². The maximum atomic E-state index is 13.6. The summed E-state index contributed by atoms with van der Waals surface area (Å²) in [6, 6.07) is 5.50. The van der Waals surface area contributed by atoms with E-state index >= 15 is 0 Å². The second-order valence-corrected chi connectivity index (χ2v) is 10.2. The maximum absolute atomic E-state index is 13.6. The molecule has 2 aromatic rings. The Hall–Kier alpha value is -2.61. The van der Waals surface area contributed by atoms with Crippen molar-refractivity contribution in [2.45, 2.75) is 64.2 Å². The molecule has 4 aliphatic carbocycles. The van der Waals surface area contributed by atoms with Gasteiger partial charge < -0.3 is 15.1 Å². The summed E-state index contributed by atoms with van der Waals surface area (Å²) in [6.45, 7) is 1.97. The first-order valence-electron chi connectivity index (χ1n) is 11.5. The Morgan fingerprint density at radius 2 is 1.94 bits per heavy atom. The molecule has 4 saturated carbocycles. The lowest BCUT2D eigenvalue weighted by Crippen LogP contribution is -2.53. The third kappa shape index (κ3) is 3.28. The van der Waals surface area contributed by atoms with Gasteiger partial charge in [-0.3, -0.25) is 14.9 Å². The van der Waals surface area contributed by atoms with Crippen LogP contribution >= 0.6 is 0 Å². The van der Waals surface area contributed by atoms with E-state index in [4.69, 9.17) is 4.42 Å². The van der Waals surface area contributed by atoms with E-state index in [1.54, 1.807) is 10.9 Å². The minimum absolute atomic E-state index is 0.0155. The fourth-order valence-electron chi connectivity index (χ4n) is 6.86. The van der Waals surface area contributed by atoms with E-state index in [1.165, 1.54) is 19.3 Å². The van der Waals surface area contributed by atoms with E-state index in [2.05, 4.69) is 21.0 Å². The Bertz CT molecular complexity index is 975. The fourth-order valence-corrected chi connectivity index (χ4v) is 6.86. The van der Waals surface area contributed by atoms with Crippen LogP contribution in [-0.4, -0.2) is 27.6 Å². The lowest BCUT2D eigenvalue weighted by Gasteiger charge is -2.55. The van der Waals surface area contributed by atoms with Gasteiger partial charge in [0.05, 0.1) is 11.7 Å². The Labute approximate surface area is 181 Å². The molecule has 5 fully saturated rings. The molecule has 164 valence electrons. The molecule has 3 N–H and O–H groups in total. The molecular weight excluding hydrogens is 394 g/mol. The first-order chi connectivity index (χ1) is 15.0. The molecule has 0 aromatic carbocycles. The first-order valence-corrected chi connectivity index (χ1v) is 11.5. The minimum Gasteiger partial charge on any atom is -0.463 e. The minimum atomic E-state index is -0.522. The van der Waals surface area contributed by atoms with Crippen molar-refractivity contribution in [2.75, 3.05) is 5.32 Å². The molecule has 1 aliphatic heterocycles. The van der Waals surface area contributed by atoms with Gasteiger partial charge in [0.1, 0.15) is 11.5 Å². The van der Waals surface area contributed by atoms with Crippen molar-refractivity contribution in [3.8, 4) is 11.5 Å². The van der Waals surface area contributed by atoms with Gasteiger partial charge in [0.15, 0.2) is 12.0 Å². The summed E-state index contributed by atoms with van der Waals surface area (Å²) in [7, 11) is 0. The van der Waals surface area contributed by atoms with Crippen LogP contribution in [0.15, 0.2) is 28.9 Å². The van der Waals surface area contributed by atoms with Gasteiger partial charge >= 0.3 is 0 Å². The van der Waals surface area contributed by atoms with Gasteiger partial charge in [0, 0.05) is 18.5 Å². The fraction of sp³-hybridized carbons (Fsp3) is 0.609. The maximum Gasteiger partial charge on any atom is 0.231 e. The van der Waals surface area contributed by atoms with E-state index in [-0.39, 0.29) is 23.3 Å². The molecule has 0 radical (unpaired) electrons. The molecule has 2 aromatic heterocycles. The number of furan rings is 1. The molecule has 4 bridgehead atoms. The Balaban J connectivity index is 1.32. The lowest BCUT2D eigenvalue weighted by molar-refractivity contribution is -0.140. The predicted octanol–water partition coefficient (Wildman–Crippen LogP) is 3.25. The van der Waals surface area contributed by atoms with Crippen molar-refractivity contribution in [3.05, 3.63) is 24.5 Å². The summed E-state index contributed by atoms with van der Waals surface area (Å²) in [5.41, 5.74) is 0.366. The third-order valence-corrected chi connectivity index (χ3v) is 7.75. The van der Waals surface area contributed by atoms with Crippen LogP contribution in [0, 0.1) is 23.2 Å². The number of aromatic nitrogens is 2. The standard InChI is InChI=1S/C23H29N5O3/c1-13-5-20(29)26-22(24-13)28-19(9-17(27-28)18-3-2-4-31-18)25-21(30)23-10-14-6-15(11-23)8-16(7-14)12-23/h2-4,9,13-16,22,24H,5-8,10-12H2,1H3,(H,25,30)(H,26,29). The van der Waals surface area contributed by atoms with Gasteiger partial charge in [-0.15, -0.1) is 0 Å². The lowest BCUT2D eigenvalue weighted by atomic mass is 9.49. The van der Waals surface area contributed by atoms with Crippen LogP contribution in [0.1, 0.15) is 58.2 Å². The molecule has 3 heterocycles. The van der Waals surface area contributed by atoms with E-state index in [0.29, 0.717) is 41.4 Å². The van der Waals surface area contributed by atoms with E-state index in [9.17, 15) is 9.59 Å². The Morgan fingerprint density at radius 3 is 2.55 bits per heavy atom. The summed E-state index contributed by atoms with van der Waals surface area (Å²) < 4.78 is 7.20. The van der Waals surface area contributed by atoms with Crippen molar-refractivity contribution < 1.29 is 14.0 Å². The number of carbonyl (C=O) groups excluding carboxylic acids is 2. The molecule has 5 aliphatic rings. The van der Waals surface area contributed by atoms with Crippen LogP contribution in [-0.2, 0) is 9.59 Å². The Kier molecular flexibility index (Phi) is 4.28. The zero-order chi connectivity index (χ0) is 21.2. The van der Waals surface area contributed by atoms with Crippen molar-refractivity contribution in [1.29, 1.82) is 0 Å². The number of hydrogen-bond acceptors (Lipinski definition) is 5. The number of anilines is 1. The van der Waals surface area contributed by atoms with Crippen LogP contribution in [0.4, 0.5) is 5.82 Å². The van der Waals surface area contributed by atoms with E-state index in [1.807, 2.05) is 25.1 Å². The number of nitrogens with zero attached hydrogens (tertiary/aromatic N) is 2. The summed E-state index contributed by atoms with van der Waals surface area (Å²) in [5, 5.41) is 14.2. The second kappa shape index (κ2) is 6.95. The van der Waals surface area contributed by atoms with Crippen molar-refractivity contribution in [3.63, 3.8) is 0 Å². The topological polar surface area (TPSA) is 101 Å². The van der Waals surface area contributed by atoms with Gasteiger partial charge in [-0.2, -0.15) is 5.10 Å². The number of nitrogens with one attached hydrogen (secondary N) is 3. The average molecular weight is 424 g/mol. The largest absolute Gasteiger partial charge is 0.463 e. The molecule has 7 rings (SSSR count). The predicted molar refractivity (Wildman–Crippen MR) is 114 cm³/mol. The third-order valence-electron chi connectivity index (χ3n) is 7.75. The monoisotopic (exact) mass is 423 g/mol. The summed E-state index contributed by atoms with van der Waals surface area (Å²) in [6.07, 6.45) is 8.38. The molecular formula is C23H29N5O3. The molecule has 31 heavy (non-hydrogen) atoms. The molecule has 2 atom stereocenters. The van der Waals surface area contributed by atoms with Crippen LogP contribution in [0.5, 0.6) is 0 Å². The van der Waals surface area contributed by atoms with Crippen LogP contribution in [0.25, 0.3) is 11.5 Å². The number of rotatable bonds is 4. The second-order valence-electron chi connectivity index (χ2n) is 10.2. The summed E-state index contributed by atoms with van der Waals surface area (Å²) >= 11 is 0. The highest BCUT2D eigenvalue weighted by Gasteiger charge is 2.54. The SMILES string of the molecule is CC1CC(=O)NC(n2nc(-c3ccco3)cc2NC(=O)C23CC4CC(CC(C4)C2)C3)N1. The smallest absolute Gasteiger partial charge is 0.231 e. The van der Waals surface area contributed by atoms with Gasteiger partial charge in [-0.25, -0.2) is 4.68 Å². The van der Waals surface area contributed by atoms with Crippen LogP contribution in [0.3, 0.4) is 0 Å². The van der Waals surface area contributed by atoms with Crippen molar-refractivity contribution in [2.24, 2.45) is 23.2 Å². The molecule has 2 unspecified atom stereocenters. The zero-order valence-electron chi connectivity index (χ0n) is 17.8. The van der Waals surface area contributed by atoms with E-state index < -0.39 is 6.29 Å². The van der Waals surface area contributed by atoms with Crippen LogP contribution in [0.2, 0.25) is 0 Å². The van der Waals surface area contributed by atoms with Gasteiger partial charge in [-0.1, -0.05) is 0 Å². The zero-order valence-corrected chi connectivity index (χ0v) is 17.8. The molecule has 0 spiro atoms.